The Morgan fingerprint density at radius 3 is 2.41 bits per heavy atom. The molecule has 2 aromatic carbocycles. The number of fused-ring (bicyclic) bond motifs is 2. The van der Waals surface area contributed by atoms with Crippen molar-refractivity contribution in [2.45, 2.75) is 108 Å². The second kappa shape index (κ2) is 22.4. The van der Waals surface area contributed by atoms with Gasteiger partial charge in [0.2, 0.25) is 17.7 Å². The second-order valence-electron chi connectivity index (χ2n) is 20.8. The van der Waals surface area contributed by atoms with Crippen LogP contribution >= 0.6 is 11.3 Å². The number of hydrogen-bond donors (Lipinski definition) is 4. The Labute approximate surface area is 455 Å². The van der Waals surface area contributed by atoms with Gasteiger partial charge in [0.15, 0.2) is 18.2 Å². The Kier molecular flexibility index (Phi) is 14.9. The van der Waals surface area contributed by atoms with Crippen LogP contribution in [0.25, 0.3) is 21.7 Å². The molecular formula is C58H61N11O8S. The van der Waals surface area contributed by atoms with Crippen molar-refractivity contribution in [1.82, 2.24) is 40.5 Å². The average Bonchev–Trinajstić information content (AvgIpc) is 4.28. The number of carbonyl (C=O) groups excluding carboxylic acids is 2. The van der Waals surface area contributed by atoms with Gasteiger partial charge in [0.05, 0.1) is 45.8 Å². The molecule has 7 aromatic rings. The highest BCUT2D eigenvalue weighted by Crippen LogP contribution is 2.41. The number of rotatable bonds is 16. The van der Waals surface area contributed by atoms with Crippen LogP contribution in [-0.4, -0.2) is 120 Å². The van der Waals surface area contributed by atoms with Gasteiger partial charge in [-0.2, -0.15) is 0 Å². The maximum atomic E-state index is 14.2. The van der Waals surface area contributed by atoms with Gasteiger partial charge in [0, 0.05) is 80.6 Å². The number of phenolic OH excluding ortho intramolecular Hbond substituents is 1. The van der Waals surface area contributed by atoms with Gasteiger partial charge in [0.25, 0.3) is 5.88 Å². The maximum Gasteiger partial charge on any atom is 0.255 e. The lowest BCUT2D eigenvalue weighted by atomic mass is 9.91. The van der Waals surface area contributed by atoms with Gasteiger partial charge in [-0.1, -0.05) is 56.2 Å². The van der Waals surface area contributed by atoms with Crippen LogP contribution in [0, 0.1) is 24.7 Å². The van der Waals surface area contributed by atoms with Crippen molar-refractivity contribution in [1.29, 1.82) is 0 Å². The van der Waals surface area contributed by atoms with E-state index in [1.54, 1.807) is 41.8 Å². The quantitative estimate of drug-likeness (QED) is 0.0685. The van der Waals surface area contributed by atoms with Gasteiger partial charge >= 0.3 is 0 Å². The number of aryl methyl sites for hydroxylation is 1. The number of nitrogens with two attached hydrogens (primary N) is 1. The molecule has 11 rings (SSSR count). The van der Waals surface area contributed by atoms with Crippen LogP contribution in [0.2, 0.25) is 0 Å². The molecule has 2 bridgehead atoms. The van der Waals surface area contributed by atoms with E-state index in [1.807, 2.05) is 100 Å². The molecule has 402 valence electrons. The van der Waals surface area contributed by atoms with Crippen molar-refractivity contribution >= 4 is 40.3 Å². The lowest BCUT2D eigenvalue weighted by Gasteiger charge is -2.43. The number of ether oxygens (including phenoxy) is 3. The lowest BCUT2D eigenvalue weighted by Crippen LogP contribution is -2.54. The standard InChI is InChI=1S/C58H61N11O8S/c1-33(2)54(58(73)68-31-42(70)23-49(68)57(72)63-34(3)36-11-13-37(14-12-36)55-35(4)62-32-78-55)51-27-53(66-77-51)74-21-7-8-38-15-18-43(28-61-38)75-44-24-45(25-44)76-52-22-39(19-20-60-52)69-40-16-17-41(69)30-67(29-40)48-26-47(64-65-56(48)59)46-9-5-6-10-50(46)71/h5-6,9-15,18-20,22,26-28,32-34,40-42,44-45,49,54,70-71H,16-17,21,23-25,29-31H2,1-4H3,(H2,59,65)(H,63,72)/t34-,40?,41?,42+,44-,45-,49-,54-/m0/s1. The maximum absolute atomic E-state index is 14.2. The summed E-state index contributed by atoms with van der Waals surface area (Å²) in [6.07, 6.45) is 6.18. The summed E-state index contributed by atoms with van der Waals surface area (Å²) in [5, 5.41) is 36.8. The fraction of sp³-hybridized carbons (Fsp3) is 0.379. The molecule has 4 fully saturated rings. The van der Waals surface area contributed by atoms with Crippen LogP contribution in [0.5, 0.6) is 23.3 Å². The number of benzene rings is 2. The van der Waals surface area contributed by atoms with Crippen molar-refractivity contribution in [3.63, 3.8) is 0 Å². The number of thiazole rings is 1. The number of piperazine rings is 1. The first-order valence-corrected chi connectivity index (χ1v) is 27.3. The fourth-order valence-electron chi connectivity index (χ4n) is 11.0. The predicted molar refractivity (Wildman–Crippen MR) is 293 cm³/mol. The van der Waals surface area contributed by atoms with E-state index < -0.39 is 18.1 Å². The minimum atomic E-state index is -0.860. The number of aromatic nitrogens is 6. The summed E-state index contributed by atoms with van der Waals surface area (Å²) in [5.41, 5.74) is 14.8. The third kappa shape index (κ3) is 11.1. The number of β-amino-alcohol motifs (C(OH)–C–C–N with tert-alkyl or cyclic N) is 1. The van der Waals surface area contributed by atoms with Gasteiger partial charge in [-0.3, -0.25) is 9.59 Å². The molecule has 19 nitrogen and oxygen atoms in total. The minimum Gasteiger partial charge on any atom is -0.507 e. The van der Waals surface area contributed by atoms with Gasteiger partial charge in [0.1, 0.15) is 41.4 Å². The number of phenols is 1. The van der Waals surface area contributed by atoms with E-state index in [1.165, 1.54) is 4.90 Å². The summed E-state index contributed by atoms with van der Waals surface area (Å²) >= 11 is 1.58. The fourth-order valence-corrected chi connectivity index (χ4v) is 11.9. The molecule has 1 saturated carbocycles. The molecule has 6 atom stereocenters. The van der Waals surface area contributed by atoms with E-state index in [4.69, 9.17) is 24.5 Å². The molecule has 78 heavy (non-hydrogen) atoms. The summed E-state index contributed by atoms with van der Waals surface area (Å²) in [7, 11) is 0. The summed E-state index contributed by atoms with van der Waals surface area (Å²) in [5.74, 6) is 6.46. The number of nitrogen functional groups attached to an aromatic ring is 1. The SMILES string of the molecule is Cc1ncsc1-c1ccc([C@H](C)NC(=O)[C@@H]2C[C@@H](O)CN2C(=O)[C@H](c2cc(OCC#Cc3ccc(O[C@H]4C[C@H](Oc5cc(N6C7CCC6CN(c6cc(-c8ccccc8O)nnc6N)C7)ccn5)C4)cn3)no2)C(C)C)cc1. The summed E-state index contributed by atoms with van der Waals surface area (Å²) in [6.45, 7) is 9.20. The molecule has 4 aliphatic rings. The van der Waals surface area contributed by atoms with Gasteiger partial charge < -0.3 is 54.7 Å². The predicted octanol–water partition coefficient (Wildman–Crippen LogP) is 7.50. The smallest absolute Gasteiger partial charge is 0.255 e. The zero-order valence-corrected chi connectivity index (χ0v) is 44.5. The molecule has 3 saturated heterocycles. The zero-order chi connectivity index (χ0) is 54.0. The van der Waals surface area contributed by atoms with Crippen molar-refractivity contribution in [2.75, 3.05) is 41.8 Å². The average molecular weight is 1070 g/mol. The molecule has 1 aliphatic carbocycles. The zero-order valence-electron chi connectivity index (χ0n) is 43.7. The van der Waals surface area contributed by atoms with Crippen molar-refractivity contribution in [2.24, 2.45) is 5.92 Å². The topological polar surface area (TPSA) is 241 Å². The number of likely N-dealkylation sites (tertiary alicyclic amines) is 1. The largest absolute Gasteiger partial charge is 0.507 e. The molecule has 8 heterocycles. The first-order chi connectivity index (χ1) is 37.8. The molecule has 2 amide bonds. The molecule has 3 aliphatic heterocycles. The Hall–Kier alpha value is -8.28. The highest BCUT2D eigenvalue weighted by molar-refractivity contribution is 7.13. The summed E-state index contributed by atoms with van der Waals surface area (Å²) in [4.78, 5) is 48.6. The minimum absolute atomic E-state index is 0.0129. The Morgan fingerprint density at radius 2 is 1.68 bits per heavy atom. The number of pyridine rings is 2. The number of aliphatic hydroxyl groups is 1. The molecule has 5 N–H and O–H groups in total. The lowest BCUT2D eigenvalue weighted by molar-refractivity contribution is -0.141. The number of para-hydroxylation sites is 1. The summed E-state index contributed by atoms with van der Waals surface area (Å²) < 4.78 is 24.0. The first-order valence-electron chi connectivity index (χ1n) is 26.4. The normalized spacial score (nSPS) is 21.3. The summed E-state index contributed by atoms with van der Waals surface area (Å²) in [6, 6.07) is 25.6. The molecule has 5 aromatic heterocycles. The molecule has 2 unspecified atom stereocenters. The molecule has 0 spiro atoms. The second-order valence-corrected chi connectivity index (χ2v) is 21.6. The highest BCUT2D eigenvalue weighted by atomic mass is 32.1. The van der Waals surface area contributed by atoms with Crippen LogP contribution in [0.1, 0.15) is 87.5 Å². The van der Waals surface area contributed by atoms with Gasteiger partial charge in [-0.05, 0) is 91.2 Å². The van der Waals surface area contributed by atoms with Crippen LogP contribution < -0.4 is 35.1 Å². The molecule has 20 heteroatoms. The number of aromatic hydroxyl groups is 1. The van der Waals surface area contributed by atoms with E-state index in [2.05, 4.69) is 57.3 Å². The van der Waals surface area contributed by atoms with Crippen LogP contribution in [-0.2, 0) is 9.59 Å². The van der Waals surface area contributed by atoms with E-state index >= 15 is 0 Å². The number of anilines is 3. The van der Waals surface area contributed by atoms with E-state index in [9.17, 15) is 19.8 Å². The number of aliphatic hydroxyl groups excluding tert-OH is 1. The van der Waals surface area contributed by atoms with Crippen molar-refractivity contribution in [3.8, 4) is 56.8 Å². The first kappa shape index (κ1) is 51.8. The van der Waals surface area contributed by atoms with Crippen molar-refractivity contribution in [3.05, 3.63) is 126 Å². The van der Waals surface area contributed by atoms with Crippen LogP contribution in [0.15, 0.2) is 107 Å². The number of nitrogens with zero attached hydrogens (tertiary/aromatic N) is 9. The number of amides is 2. The van der Waals surface area contributed by atoms with Crippen LogP contribution in [0.3, 0.4) is 0 Å². The van der Waals surface area contributed by atoms with Gasteiger partial charge in [-0.25, -0.2) is 15.0 Å². The van der Waals surface area contributed by atoms with Gasteiger partial charge in [-0.15, -0.1) is 21.5 Å². The molecular weight excluding hydrogens is 1010 g/mol. The number of hydrogen-bond acceptors (Lipinski definition) is 18. The number of nitrogens with one attached hydrogen (secondary N) is 1. The molecule has 0 radical (unpaired) electrons. The highest BCUT2D eigenvalue weighted by Gasteiger charge is 2.44. The Morgan fingerprint density at radius 1 is 0.897 bits per heavy atom. The number of carbonyl (C=O) groups is 2. The Bertz CT molecular complexity index is 3320. The monoisotopic (exact) mass is 1070 g/mol. The van der Waals surface area contributed by atoms with E-state index in [-0.39, 0.29) is 79.3 Å². The van der Waals surface area contributed by atoms with Crippen molar-refractivity contribution < 1.29 is 38.5 Å². The Balaban J connectivity index is 0.627. The third-order valence-corrected chi connectivity index (χ3v) is 16.1. The van der Waals surface area contributed by atoms with Crippen LogP contribution in [0.4, 0.5) is 17.2 Å². The van der Waals surface area contributed by atoms with E-state index in [0.29, 0.717) is 53.0 Å². The van der Waals surface area contributed by atoms with E-state index in [0.717, 1.165) is 59.0 Å². The third-order valence-electron chi connectivity index (χ3n) is 15.1.